The van der Waals surface area contributed by atoms with Gasteiger partial charge in [0.25, 0.3) is 0 Å². The van der Waals surface area contributed by atoms with Crippen molar-refractivity contribution in [1.82, 2.24) is 9.97 Å². The minimum absolute atomic E-state index is 0.377. The number of benzene rings is 1. The van der Waals surface area contributed by atoms with Crippen LogP contribution in [0.1, 0.15) is 21.7 Å². The molecule has 0 unspecified atom stereocenters. The van der Waals surface area contributed by atoms with Crippen molar-refractivity contribution < 1.29 is 14.3 Å². The van der Waals surface area contributed by atoms with E-state index in [9.17, 15) is 4.79 Å². The molecule has 0 amide bonds. The van der Waals surface area contributed by atoms with Crippen molar-refractivity contribution in [2.45, 2.75) is 13.8 Å². The fraction of sp³-hybridized carbons (Fsp3) is 0.214. The minimum atomic E-state index is -0.377. The van der Waals surface area contributed by atoms with E-state index in [-0.39, 0.29) is 5.97 Å². The van der Waals surface area contributed by atoms with Crippen molar-refractivity contribution >= 4 is 5.97 Å². The molecule has 0 aliphatic heterocycles. The Balaban J connectivity index is 2.19. The first-order valence-electron chi connectivity index (χ1n) is 5.76. The van der Waals surface area contributed by atoms with Crippen LogP contribution in [0, 0.1) is 13.8 Å². The van der Waals surface area contributed by atoms with Gasteiger partial charge in [0.05, 0.1) is 24.1 Å². The van der Waals surface area contributed by atoms with Gasteiger partial charge in [0.2, 0.25) is 5.88 Å². The standard InChI is InChI=1S/C14H14N2O3/c1-9-8-15-10(2)13(16-9)19-12-6-4-11(5-7-12)14(17)18-3/h4-8H,1-3H3. The maximum absolute atomic E-state index is 11.3. The quantitative estimate of drug-likeness (QED) is 0.792. The summed E-state index contributed by atoms with van der Waals surface area (Å²) in [4.78, 5) is 19.7. The zero-order chi connectivity index (χ0) is 13.8. The lowest BCUT2D eigenvalue weighted by atomic mass is 10.2. The lowest BCUT2D eigenvalue weighted by molar-refractivity contribution is 0.0600. The Morgan fingerprint density at radius 2 is 1.84 bits per heavy atom. The molecule has 0 aliphatic carbocycles. The van der Waals surface area contributed by atoms with Gasteiger partial charge in [0.1, 0.15) is 5.75 Å². The molecule has 98 valence electrons. The van der Waals surface area contributed by atoms with Gasteiger partial charge in [-0.1, -0.05) is 0 Å². The zero-order valence-corrected chi connectivity index (χ0v) is 11.0. The second kappa shape index (κ2) is 5.48. The first-order valence-corrected chi connectivity index (χ1v) is 5.76. The second-order valence-corrected chi connectivity index (χ2v) is 4.02. The third-order valence-corrected chi connectivity index (χ3v) is 2.52. The van der Waals surface area contributed by atoms with Crippen LogP contribution in [0.2, 0.25) is 0 Å². The van der Waals surface area contributed by atoms with Crippen LogP contribution >= 0.6 is 0 Å². The van der Waals surface area contributed by atoms with Gasteiger partial charge in [-0.05, 0) is 38.1 Å². The average Bonchev–Trinajstić information content (AvgIpc) is 2.43. The molecule has 19 heavy (non-hydrogen) atoms. The molecule has 0 atom stereocenters. The topological polar surface area (TPSA) is 61.3 Å². The maximum atomic E-state index is 11.3. The van der Waals surface area contributed by atoms with Crippen molar-refractivity contribution in [1.29, 1.82) is 0 Å². The number of aryl methyl sites for hydroxylation is 2. The Labute approximate surface area is 111 Å². The number of esters is 1. The van der Waals surface area contributed by atoms with Crippen molar-refractivity contribution in [3.8, 4) is 11.6 Å². The summed E-state index contributed by atoms with van der Waals surface area (Å²) in [7, 11) is 1.35. The van der Waals surface area contributed by atoms with E-state index in [4.69, 9.17) is 4.74 Å². The molecule has 0 N–H and O–H groups in total. The third-order valence-electron chi connectivity index (χ3n) is 2.52. The van der Waals surface area contributed by atoms with Crippen molar-refractivity contribution in [2.24, 2.45) is 0 Å². The monoisotopic (exact) mass is 258 g/mol. The van der Waals surface area contributed by atoms with Crippen molar-refractivity contribution in [2.75, 3.05) is 7.11 Å². The molecular weight excluding hydrogens is 244 g/mol. The predicted molar refractivity (Wildman–Crippen MR) is 69.4 cm³/mol. The minimum Gasteiger partial charge on any atom is -0.465 e. The largest absolute Gasteiger partial charge is 0.465 e. The molecule has 2 rings (SSSR count). The summed E-state index contributed by atoms with van der Waals surface area (Å²) in [6.45, 7) is 3.67. The molecule has 0 saturated carbocycles. The fourth-order valence-corrected chi connectivity index (χ4v) is 1.50. The number of methoxy groups -OCH3 is 1. The molecule has 1 aromatic carbocycles. The van der Waals surface area contributed by atoms with Crippen LogP contribution < -0.4 is 4.74 Å². The van der Waals surface area contributed by atoms with Crippen LogP contribution in [0.5, 0.6) is 11.6 Å². The molecule has 0 spiro atoms. The van der Waals surface area contributed by atoms with Gasteiger partial charge < -0.3 is 9.47 Å². The van der Waals surface area contributed by atoms with Crippen molar-refractivity contribution in [3.63, 3.8) is 0 Å². The lowest BCUT2D eigenvalue weighted by Gasteiger charge is -2.08. The van der Waals surface area contributed by atoms with Gasteiger partial charge in [-0.3, -0.25) is 4.98 Å². The zero-order valence-electron chi connectivity index (χ0n) is 11.0. The molecule has 0 radical (unpaired) electrons. The van der Waals surface area contributed by atoms with Gasteiger partial charge in [0.15, 0.2) is 0 Å². The van der Waals surface area contributed by atoms with E-state index in [0.717, 1.165) is 5.69 Å². The van der Waals surface area contributed by atoms with E-state index in [0.29, 0.717) is 22.9 Å². The highest BCUT2D eigenvalue weighted by Crippen LogP contribution is 2.22. The molecule has 1 heterocycles. The Morgan fingerprint density at radius 1 is 1.16 bits per heavy atom. The van der Waals surface area contributed by atoms with E-state index in [1.54, 1.807) is 30.5 Å². The highest BCUT2D eigenvalue weighted by Gasteiger charge is 2.07. The number of carbonyl (C=O) groups excluding carboxylic acids is 1. The van der Waals surface area contributed by atoms with Crippen LogP contribution in [-0.2, 0) is 4.74 Å². The number of carbonyl (C=O) groups is 1. The maximum Gasteiger partial charge on any atom is 0.337 e. The second-order valence-electron chi connectivity index (χ2n) is 4.02. The summed E-state index contributed by atoms with van der Waals surface area (Å²) in [5.74, 6) is 0.680. The Bertz CT molecular complexity index is 594. The number of ether oxygens (including phenoxy) is 2. The van der Waals surface area contributed by atoms with Gasteiger partial charge in [0, 0.05) is 6.20 Å². The molecule has 1 aromatic heterocycles. The molecule has 5 nitrogen and oxygen atoms in total. The summed E-state index contributed by atoms with van der Waals surface area (Å²) >= 11 is 0. The van der Waals surface area contributed by atoms with Crippen LogP contribution in [0.4, 0.5) is 0 Å². The van der Waals surface area contributed by atoms with E-state index in [2.05, 4.69) is 14.7 Å². The molecular formula is C14H14N2O3. The Kier molecular flexibility index (Phi) is 3.75. The van der Waals surface area contributed by atoms with Crippen LogP contribution in [0.25, 0.3) is 0 Å². The highest BCUT2D eigenvalue weighted by molar-refractivity contribution is 5.89. The number of aromatic nitrogens is 2. The Morgan fingerprint density at radius 3 is 2.47 bits per heavy atom. The Hall–Kier alpha value is -2.43. The first-order chi connectivity index (χ1) is 9.10. The average molecular weight is 258 g/mol. The third kappa shape index (κ3) is 3.07. The molecule has 0 bridgehead atoms. The van der Waals surface area contributed by atoms with Gasteiger partial charge in [-0.15, -0.1) is 0 Å². The normalized spacial score (nSPS) is 10.1. The van der Waals surface area contributed by atoms with Crippen LogP contribution in [-0.4, -0.2) is 23.0 Å². The number of nitrogens with zero attached hydrogens (tertiary/aromatic N) is 2. The van der Waals surface area contributed by atoms with E-state index in [1.807, 2.05) is 13.8 Å². The van der Waals surface area contributed by atoms with Crippen LogP contribution in [0.15, 0.2) is 30.5 Å². The highest BCUT2D eigenvalue weighted by atomic mass is 16.5. The van der Waals surface area contributed by atoms with Gasteiger partial charge in [-0.2, -0.15) is 0 Å². The molecule has 2 aromatic rings. The molecule has 0 fully saturated rings. The summed E-state index contributed by atoms with van der Waals surface area (Å²) in [5, 5.41) is 0. The molecule has 0 aliphatic rings. The summed E-state index contributed by atoms with van der Waals surface area (Å²) in [6, 6.07) is 6.66. The molecule has 0 saturated heterocycles. The smallest absolute Gasteiger partial charge is 0.337 e. The van der Waals surface area contributed by atoms with E-state index < -0.39 is 0 Å². The van der Waals surface area contributed by atoms with E-state index in [1.165, 1.54) is 7.11 Å². The van der Waals surface area contributed by atoms with Crippen molar-refractivity contribution in [3.05, 3.63) is 47.4 Å². The van der Waals surface area contributed by atoms with Gasteiger partial charge in [-0.25, -0.2) is 9.78 Å². The molecule has 5 heteroatoms. The number of hydrogen-bond donors (Lipinski definition) is 0. The van der Waals surface area contributed by atoms with Gasteiger partial charge >= 0.3 is 5.97 Å². The number of rotatable bonds is 3. The summed E-state index contributed by atoms with van der Waals surface area (Å²) < 4.78 is 10.3. The summed E-state index contributed by atoms with van der Waals surface area (Å²) in [5.41, 5.74) is 1.97. The number of hydrogen-bond acceptors (Lipinski definition) is 5. The summed E-state index contributed by atoms with van der Waals surface area (Å²) in [6.07, 6.45) is 1.68. The predicted octanol–water partition coefficient (Wildman–Crippen LogP) is 2.67. The SMILES string of the molecule is COC(=O)c1ccc(Oc2nc(C)cnc2C)cc1. The fourth-order valence-electron chi connectivity index (χ4n) is 1.50. The van der Waals surface area contributed by atoms with Crippen LogP contribution in [0.3, 0.4) is 0 Å². The van der Waals surface area contributed by atoms with E-state index >= 15 is 0 Å². The first kappa shape index (κ1) is 13.0. The lowest BCUT2D eigenvalue weighted by Crippen LogP contribution is -2.01.